The molecule has 2 nitrogen and oxygen atoms in total. The van der Waals surface area contributed by atoms with Gasteiger partial charge in [-0.1, -0.05) is 0 Å². The predicted octanol–water partition coefficient (Wildman–Crippen LogP) is 4.89. The first kappa shape index (κ1) is 14.4. The molecule has 7 heteroatoms. The van der Waals surface area contributed by atoms with Gasteiger partial charge in [-0.2, -0.15) is 13.2 Å². The largest absolute Gasteiger partial charge is 0.396 e. The van der Waals surface area contributed by atoms with Gasteiger partial charge in [0.05, 0.1) is 17.8 Å². The molecule has 1 saturated carbocycles. The van der Waals surface area contributed by atoms with Gasteiger partial charge in [0.1, 0.15) is 10.8 Å². The molecule has 0 N–H and O–H groups in total. The van der Waals surface area contributed by atoms with Crippen LogP contribution in [0.15, 0.2) is 18.5 Å². The second kappa shape index (κ2) is 5.05. The van der Waals surface area contributed by atoms with Gasteiger partial charge < -0.3 is 0 Å². The summed E-state index contributed by atoms with van der Waals surface area (Å²) in [5.74, 6) is -1.97. The Balaban J connectivity index is 2.04. The van der Waals surface area contributed by atoms with E-state index in [0.29, 0.717) is 16.3 Å². The molecule has 1 aliphatic rings. The van der Waals surface area contributed by atoms with Crippen molar-refractivity contribution >= 4 is 11.3 Å². The van der Waals surface area contributed by atoms with Crippen molar-refractivity contribution in [3.63, 3.8) is 0 Å². The van der Waals surface area contributed by atoms with Gasteiger partial charge in [-0.15, -0.1) is 11.3 Å². The second-order valence-electron chi connectivity index (χ2n) is 5.20. The van der Waals surface area contributed by atoms with Crippen LogP contribution < -0.4 is 0 Å². The monoisotopic (exact) mass is 316 g/mol. The smallest absolute Gasteiger partial charge is 0.261 e. The minimum absolute atomic E-state index is 0.108. The van der Waals surface area contributed by atoms with Gasteiger partial charge in [0.25, 0.3) is 0 Å². The van der Waals surface area contributed by atoms with Crippen LogP contribution in [0.2, 0.25) is 0 Å². The first-order valence-electron chi connectivity index (χ1n) is 6.54. The summed E-state index contributed by atoms with van der Waals surface area (Å²) in [6, 6.07) is 1.24. The van der Waals surface area contributed by atoms with Crippen molar-refractivity contribution in [2.45, 2.75) is 37.8 Å². The number of thiazole rings is 1. The van der Waals surface area contributed by atoms with E-state index in [1.807, 2.05) is 0 Å². The van der Waals surface area contributed by atoms with Crippen molar-refractivity contribution in [2.24, 2.45) is 0 Å². The first-order chi connectivity index (χ1) is 9.86. The predicted molar refractivity (Wildman–Crippen MR) is 71.7 cm³/mol. The molecule has 0 aliphatic heterocycles. The van der Waals surface area contributed by atoms with Crippen molar-refractivity contribution in [1.29, 1.82) is 0 Å². The average Bonchev–Trinajstić information content (AvgIpc) is 3.16. The van der Waals surface area contributed by atoms with E-state index in [-0.39, 0.29) is 10.8 Å². The molecule has 0 spiro atoms. The van der Waals surface area contributed by atoms with Crippen molar-refractivity contribution in [3.8, 4) is 10.6 Å². The van der Waals surface area contributed by atoms with E-state index in [2.05, 4.69) is 9.97 Å². The second-order valence-corrected chi connectivity index (χ2v) is 6.23. The SMILES string of the molecule is CC(c1sc(-c2cncc(F)c2)nc1C1CC1)C(F)(F)F. The third-order valence-corrected chi connectivity index (χ3v) is 4.78. The number of alkyl halides is 3. The zero-order valence-corrected chi connectivity index (χ0v) is 11.9. The highest BCUT2D eigenvalue weighted by Crippen LogP contribution is 2.49. The van der Waals surface area contributed by atoms with Crippen molar-refractivity contribution in [1.82, 2.24) is 9.97 Å². The number of halogens is 4. The van der Waals surface area contributed by atoms with Gasteiger partial charge in [-0.3, -0.25) is 4.98 Å². The van der Waals surface area contributed by atoms with Gasteiger partial charge in [-0.25, -0.2) is 9.37 Å². The van der Waals surface area contributed by atoms with E-state index < -0.39 is 17.9 Å². The number of rotatable bonds is 3. The Bertz CT molecular complexity index is 661. The highest BCUT2D eigenvalue weighted by atomic mass is 32.1. The van der Waals surface area contributed by atoms with Crippen LogP contribution in [0.4, 0.5) is 17.6 Å². The van der Waals surface area contributed by atoms with Crippen LogP contribution in [0.5, 0.6) is 0 Å². The molecule has 1 atom stereocenters. The lowest BCUT2D eigenvalue weighted by molar-refractivity contribution is -0.145. The lowest BCUT2D eigenvalue weighted by Crippen LogP contribution is -2.17. The normalized spacial score (nSPS) is 17.0. The summed E-state index contributed by atoms with van der Waals surface area (Å²) in [6.45, 7) is 1.15. The Morgan fingerprint density at radius 3 is 2.57 bits per heavy atom. The van der Waals surface area contributed by atoms with E-state index in [4.69, 9.17) is 0 Å². The lowest BCUT2D eigenvalue weighted by atomic mass is 10.1. The van der Waals surface area contributed by atoms with Crippen LogP contribution in [0, 0.1) is 5.82 Å². The molecule has 1 aliphatic carbocycles. The van der Waals surface area contributed by atoms with E-state index in [1.54, 1.807) is 0 Å². The van der Waals surface area contributed by atoms with Gasteiger partial charge >= 0.3 is 6.18 Å². The molecule has 0 radical (unpaired) electrons. The van der Waals surface area contributed by atoms with Crippen LogP contribution in [0.25, 0.3) is 10.6 Å². The Kier molecular flexibility index (Phi) is 3.47. The summed E-state index contributed by atoms with van der Waals surface area (Å²) in [5, 5.41) is 0.398. The number of nitrogens with zero attached hydrogens (tertiary/aromatic N) is 2. The number of hydrogen-bond acceptors (Lipinski definition) is 3. The Morgan fingerprint density at radius 2 is 2.00 bits per heavy atom. The minimum Gasteiger partial charge on any atom is -0.261 e. The van der Waals surface area contributed by atoms with Crippen LogP contribution >= 0.6 is 11.3 Å². The highest BCUT2D eigenvalue weighted by Gasteiger charge is 2.42. The van der Waals surface area contributed by atoms with Crippen LogP contribution in [-0.4, -0.2) is 16.1 Å². The topological polar surface area (TPSA) is 25.8 Å². The fraction of sp³-hybridized carbons (Fsp3) is 0.429. The fourth-order valence-corrected chi connectivity index (χ4v) is 3.31. The summed E-state index contributed by atoms with van der Waals surface area (Å²) >= 11 is 0.987. The summed E-state index contributed by atoms with van der Waals surface area (Å²) in [7, 11) is 0. The minimum atomic E-state index is -4.30. The molecule has 1 fully saturated rings. The molecule has 0 amide bonds. The molecule has 0 bridgehead atoms. The summed E-state index contributed by atoms with van der Waals surface area (Å²) < 4.78 is 52.2. The molecular formula is C14H12F4N2S. The molecule has 2 aromatic rings. The van der Waals surface area contributed by atoms with Crippen molar-refractivity contribution in [3.05, 3.63) is 34.8 Å². The van der Waals surface area contributed by atoms with Crippen LogP contribution in [0.1, 0.15) is 42.2 Å². The maximum absolute atomic E-state index is 13.2. The summed E-state index contributed by atoms with van der Waals surface area (Å²) in [6.07, 6.45) is -0.100. The van der Waals surface area contributed by atoms with E-state index in [1.165, 1.54) is 12.3 Å². The molecule has 1 unspecified atom stereocenters. The van der Waals surface area contributed by atoms with Gasteiger partial charge in [0, 0.05) is 22.6 Å². The Morgan fingerprint density at radius 1 is 1.29 bits per heavy atom. The van der Waals surface area contributed by atoms with Crippen molar-refractivity contribution in [2.75, 3.05) is 0 Å². The molecule has 21 heavy (non-hydrogen) atoms. The zero-order valence-electron chi connectivity index (χ0n) is 11.1. The summed E-state index contributed by atoms with van der Waals surface area (Å²) in [4.78, 5) is 8.29. The molecule has 0 aromatic carbocycles. The molecule has 2 heterocycles. The molecular weight excluding hydrogens is 304 g/mol. The van der Waals surface area contributed by atoms with Crippen LogP contribution in [0.3, 0.4) is 0 Å². The third-order valence-electron chi connectivity index (χ3n) is 3.48. The first-order valence-corrected chi connectivity index (χ1v) is 7.36. The van der Waals surface area contributed by atoms with E-state index >= 15 is 0 Å². The number of hydrogen-bond donors (Lipinski definition) is 0. The third kappa shape index (κ3) is 2.92. The van der Waals surface area contributed by atoms with Gasteiger partial charge in [0.15, 0.2) is 0 Å². The van der Waals surface area contributed by atoms with Gasteiger partial charge in [-0.05, 0) is 25.8 Å². The zero-order chi connectivity index (χ0) is 15.2. The average molecular weight is 316 g/mol. The van der Waals surface area contributed by atoms with E-state index in [9.17, 15) is 17.6 Å². The molecule has 112 valence electrons. The van der Waals surface area contributed by atoms with Gasteiger partial charge in [0.2, 0.25) is 0 Å². The number of aromatic nitrogens is 2. The molecule has 0 saturated heterocycles. The van der Waals surface area contributed by atoms with E-state index in [0.717, 1.165) is 37.3 Å². The van der Waals surface area contributed by atoms with Crippen molar-refractivity contribution < 1.29 is 17.6 Å². The maximum atomic E-state index is 13.2. The Hall–Kier alpha value is -1.50. The Labute approximate surface area is 122 Å². The molecule has 3 rings (SSSR count). The number of pyridine rings is 1. The highest BCUT2D eigenvalue weighted by molar-refractivity contribution is 7.15. The lowest BCUT2D eigenvalue weighted by Gasteiger charge is -2.14. The molecule has 2 aromatic heterocycles. The summed E-state index contributed by atoms with van der Waals surface area (Å²) in [5.41, 5.74) is 0.937. The fourth-order valence-electron chi connectivity index (χ4n) is 2.10. The van der Waals surface area contributed by atoms with Crippen LogP contribution in [-0.2, 0) is 0 Å². The maximum Gasteiger partial charge on any atom is 0.396 e. The standard InChI is InChI=1S/C14H12F4N2S/c1-7(14(16,17)18)12-11(8-2-3-8)20-13(21-12)9-4-10(15)6-19-5-9/h4-8H,2-3H2,1H3. The quantitative estimate of drug-likeness (QED) is 0.754.